The molecule has 1 atom stereocenters. The number of imidazole rings is 2. The van der Waals surface area contributed by atoms with Crippen molar-refractivity contribution in [3.05, 3.63) is 77.6 Å². The third-order valence-corrected chi connectivity index (χ3v) is 7.07. The van der Waals surface area contributed by atoms with Crippen molar-refractivity contribution < 1.29 is 22.3 Å². The molecule has 214 valence electrons. The summed E-state index contributed by atoms with van der Waals surface area (Å²) in [5.41, 5.74) is 1.82. The van der Waals surface area contributed by atoms with Crippen LogP contribution in [0.1, 0.15) is 42.3 Å². The monoisotopic (exact) mass is 576 g/mol. The van der Waals surface area contributed by atoms with E-state index in [9.17, 15) is 22.8 Å². The summed E-state index contributed by atoms with van der Waals surface area (Å²) < 4.78 is 62.5. The van der Waals surface area contributed by atoms with Crippen molar-refractivity contribution in [3.63, 3.8) is 0 Å². The van der Waals surface area contributed by atoms with Crippen LogP contribution in [-0.4, -0.2) is 35.7 Å². The normalized spacial score (nSPS) is 15.6. The van der Waals surface area contributed by atoms with Gasteiger partial charge in [0, 0.05) is 37.5 Å². The van der Waals surface area contributed by atoms with Gasteiger partial charge in [-0.1, -0.05) is 24.3 Å². The Bertz CT molecular complexity index is 1800. The number of rotatable bonds is 6. The van der Waals surface area contributed by atoms with Gasteiger partial charge in [0.1, 0.15) is 23.9 Å². The molecule has 3 aromatic heterocycles. The summed E-state index contributed by atoms with van der Waals surface area (Å²) >= 11 is 0. The van der Waals surface area contributed by atoms with Crippen LogP contribution < -0.4 is 5.32 Å². The molecule has 1 saturated heterocycles. The molecule has 5 aromatic rings. The SMILES string of the molecule is Cn1cc(C(F)(F)F)nc1-c1ccc(CNc2nc(-c3ccc(F)c(C#N)c3)nc3c2ncn3C2CCCCO2)cc1. The van der Waals surface area contributed by atoms with Gasteiger partial charge in [-0.05, 0) is 43.0 Å². The van der Waals surface area contributed by atoms with Crippen LogP contribution in [0.4, 0.5) is 23.4 Å². The largest absolute Gasteiger partial charge is 0.434 e. The molecule has 0 saturated carbocycles. The first-order valence-corrected chi connectivity index (χ1v) is 13.2. The summed E-state index contributed by atoms with van der Waals surface area (Å²) in [5.74, 6) is 0.278. The number of fused-ring (bicyclic) bond motifs is 1. The minimum atomic E-state index is -4.53. The first-order valence-electron chi connectivity index (χ1n) is 13.2. The van der Waals surface area contributed by atoms with E-state index in [4.69, 9.17) is 9.72 Å². The molecule has 1 aliphatic rings. The van der Waals surface area contributed by atoms with Gasteiger partial charge in [0.15, 0.2) is 28.5 Å². The van der Waals surface area contributed by atoms with Crippen molar-refractivity contribution in [2.75, 3.05) is 11.9 Å². The summed E-state index contributed by atoms with van der Waals surface area (Å²) in [5, 5.41) is 12.6. The van der Waals surface area contributed by atoms with E-state index in [1.165, 1.54) is 29.8 Å². The molecule has 6 rings (SSSR count). The van der Waals surface area contributed by atoms with E-state index in [0.29, 0.717) is 41.3 Å². The van der Waals surface area contributed by atoms with E-state index in [-0.39, 0.29) is 23.4 Å². The molecule has 1 unspecified atom stereocenters. The maximum Gasteiger partial charge on any atom is 0.434 e. The van der Waals surface area contributed by atoms with Crippen LogP contribution in [0, 0.1) is 17.1 Å². The molecule has 4 heterocycles. The number of halogens is 4. The van der Waals surface area contributed by atoms with Gasteiger partial charge in [-0.25, -0.2) is 24.3 Å². The summed E-state index contributed by atoms with van der Waals surface area (Å²) in [6.07, 6.45) is 0.636. The first kappa shape index (κ1) is 27.3. The number of hydrogen-bond acceptors (Lipinski definition) is 7. The van der Waals surface area contributed by atoms with Crippen molar-refractivity contribution in [2.24, 2.45) is 7.05 Å². The molecular weight excluding hydrogens is 552 g/mol. The van der Waals surface area contributed by atoms with Crippen LogP contribution in [-0.2, 0) is 24.5 Å². The van der Waals surface area contributed by atoms with E-state index in [2.05, 4.69) is 20.3 Å². The van der Waals surface area contributed by atoms with Gasteiger partial charge in [-0.2, -0.15) is 18.4 Å². The van der Waals surface area contributed by atoms with E-state index in [1.54, 1.807) is 30.6 Å². The first-order chi connectivity index (χ1) is 20.2. The van der Waals surface area contributed by atoms with Crippen molar-refractivity contribution in [2.45, 2.75) is 38.2 Å². The average molecular weight is 577 g/mol. The Labute approximate surface area is 237 Å². The Morgan fingerprint density at radius 3 is 2.55 bits per heavy atom. The predicted octanol–water partition coefficient (Wildman–Crippen LogP) is 6.23. The van der Waals surface area contributed by atoms with E-state index < -0.39 is 17.7 Å². The van der Waals surface area contributed by atoms with Gasteiger partial charge < -0.3 is 14.6 Å². The molecule has 1 fully saturated rings. The topological polar surface area (TPSA) is 106 Å². The Balaban J connectivity index is 1.32. The van der Waals surface area contributed by atoms with Gasteiger partial charge in [0.2, 0.25) is 0 Å². The number of ether oxygens (including phenoxy) is 1. The fraction of sp³-hybridized carbons (Fsp3) is 0.276. The van der Waals surface area contributed by atoms with Gasteiger partial charge in [0.25, 0.3) is 0 Å². The summed E-state index contributed by atoms with van der Waals surface area (Å²) in [7, 11) is 1.52. The quantitative estimate of drug-likeness (QED) is 0.239. The molecular formula is C29H24F4N8O. The third-order valence-electron chi connectivity index (χ3n) is 7.07. The second-order valence-electron chi connectivity index (χ2n) is 9.96. The molecule has 0 bridgehead atoms. The summed E-state index contributed by atoms with van der Waals surface area (Å²) in [6.45, 7) is 0.947. The van der Waals surface area contributed by atoms with Crippen molar-refractivity contribution >= 4 is 17.0 Å². The Morgan fingerprint density at radius 1 is 1.07 bits per heavy atom. The zero-order valence-electron chi connectivity index (χ0n) is 22.4. The molecule has 0 aliphatic carbocycles. The highest BCUT2D eigenvalue weighted by molar-refractivity contribution is 5.85. The van der Waals surface area contributed by atoms with Crippen LogP contribution in [0.15, 0.2) is 55.0 Å². The maximum atomic E-state index is 14.0. The number of anilines is 1. The number of aromatic nitrogens is 6. The maximum absolute atomic E-state index is 14.0. The van der Waals surface area contributed by atoms with Crippen LogP contribution in [0.25, 0.3) is 33.9 Å². The molecule has 42 heavy (non-hydrogen) atoms. The van der Waals surface area contributed by atoms with E-state index >= 15 is 0 Å². The zero-order valence-corrected chi connectivity index (χ0v) is 22.4. The lowest BCUT2D eigenvalue weighted by Gasteiger charge is -2.24. The van der Waals surface area contributed by atoms with Crippen molar-refractivity contribution in [1.82, 2.24) is 29.1 Å². The predicted molar refractivity (Wildman–Crippen MR) is 145 cm³/mol. The average Bonchev–Trinajstić information content (AvgIpc) is 3.61. The van der Waals surface area contributed by atoms with E-state index in [0.717, 1.165) is 31.0 Å². The van der Waals surface area contributed by atoms with E-state index in [1.807, 2.05) is 10.6 Å². The number of alkyl halides is 3. The Hall–Kier alpha value is -4.83. The fourth-order valence-corrected chi connectivity index (χ4v) is 4.90. The molecule has 9 nitrogen and oxygen atoms in total. The Morgan fingerprint density at radius 2 is 1.86 bits per heavy atom. The lowest BCUT2D eigenvalue weighted by Crippen LogP contribution is -2.18. The second kappa shape index (κ2) is 10.9. The standard InChI is InChI=1S/C29H24F4N8O/c1-40-15-22(29(31,32)33)37-27(40)18-7-5-17(6-8-18)14-35-26-24-28(41(16-36-24)23-4-2-3-11-42-23)39-25(38-26)19-9-10-21(30)20(12-19)13-34/h5-10,12,15-16,23H,2-4,11,14H2,1H3,(H,35,38,39). The Kier molecular flexibility index (Phi) is 7.07. The lowest BCUT2D eigenvalue weighted by atomic mass is 10.1. The van der Waals surface area contributed by atoms with Gasteiger partial charge in [-0.15, -0.1) is 0 Å². The molecule has 1 N–H and O–H groups in total. The lowest BCUT2D eigenvalue weighted by molar-refractivity contribution is -0.140. The van der Waals surface area contributed by atoms with Crippen LogP contribution in [0.5, 0.6) is 0 Å². The van der Waals surface area contributed by atoms with Crippen LogP contribution in [0.3, 0.4) is 0 Å². The highest BCUT2D eigenvalue weighted by Gasteiger charge is 2.34. The molecule has 0 amide bonds. The van der Waals surface area contributed by atoms with Gasteiger partial charge in [0.05, 0.1) is 11.9 Å². The smallest absolute Gasteiger partial charge is 0.364 e. The summed E-state index contributed by atoms with van der Waals surface area (Å²) in [6, 6.07) is 13.0. The minimum Gasteiger partial charge on any atom is -0.364 e. The number of nitrogens with zero attached hydrogens (tertiary/aromatic N) is 7. The van der Waals surface area contributed by atoms with Crippen LogP contribution >= 0.6 is 0 Å². The van der Waals surface area contributed by atoms with Gasteiger partial charge >= 0.3 is 6.18 Å². The number of hydrogen-bond donors (Lipinski definition) is 1. The number of nitrogens with one attached hydrogen (secondary N) is 1. The molecule has 13 heteroatoms. The van der Waals surface area contributed by atoms with Crippen molar-refractivity contribution in [3.8, 4) is 28.8 Å². The molecule has 0 radical (unpaired) electrons. The number of nitriles is 1. The molecule has 2 aromatic carbocycles. The fourth-order valence-electron chi connectivity index (χ4n) is 4.90. The molecule has 0 spiro atoms. The van der Waals surface area contributed by atoms with Gasteiger partial charge in [-0.3, -0.25) is 4.57 Å². The second-order valence-corrected chi connectivity index (χ2v) is 9.96. The number of benzene rings is 2. The van der Waals surface area contributed by atoms with Crippen LogP contribution in [0.2, 0.25) is 0 Å². The zero-order chi connectivity index (χ0) is 29.4. The minimum absolute atomic E-state index is 0.120. The highest BCUT2D eigenvalue weighted by atomic mass is 19.4. The van der Waals surface area contributed by atoms with Crippen molar-refractivity contribution in [1.29, 1.82) is 5.26 Å². The molecule has 1 aliphatic heterocycles. The third kappa shape index (κ3) is 5.28. The summed E-state index contributed by atoms with van der Waals surface area (Å²) in [4.78, 5) is 17.7. The highest BCUT2D eigenvalue weighted by Crippen LogP contribution is 2.32. The number of aryl methyl sites for hydroxylation is 1.